The van der Waals surface area contributed by atoms with Gasteiger partial charge in [-0.25, -0.2) is 13.8 Å². The van der Waals surface area contributed by atoms with Crippen molar-refractivity contribution in [2.75, 3.05) is 31.1 Å². The first-order valence-electron chi connectivity index (χ1n) is 8.89. The molecule has 28 heavy (non-hydrogen) atoms. The number of hydrogen-bond acceptors (Lipinski definition) is 5. The summed E-state index contributed by atoms with van der Waals surface area (Å²) in [5.41, 5.74) is 0.321. The Morgan fingerprint density at radius 2 is 1.79 bits per heavy atom. The summed E-state index contributed by atoms with van der Waals surface area (Å²) in [6.07, 6.45) is 0. The van der Waals surface area contributed by atoms with Crippen LogP contribution >= 0.6 is 0 Å². The molecule has 8 heteroatoms. The Morgan fingerprint density at radius 1 is 1.11 bits per heavy atom. The molecule has 0 aliphatic carbocycles. The molecule has 0 amide bonds. The Hall–Kier alpha value is -3.31. The number of fused-ring (bicyclic) bond motifs is 1. The van der Waals surface area contributed by atoms with Crippen LogP contribution in [0.2, 0.25) is 0 Å². The van der Waals surface area contributed by atoms with E-state index in [1.807, 2.05) is 6.07 Å². The van der Waals surface area contributed by atoms with Gasteiger partial charge in [0.15, 0.2) is 11.6 Å². The molecule has 1 aromatic heterocycles. The fraction of sp³-hybridized carbons (Fsp3) is 0.250. The van der Waals surface area contributed by atoms with Crippen molar-refractivity contribution in [1.82, 2.24) is 14.9 Å². The second-order valence-electron chi connectivity index (χ2n) is 6.69. The number of aromatic amines is 1. The van der Waals surface area contributed by atoms with Crippen LogP contribution in [-0.4, -0.2) is 41.0 Å². The molecule has 6 nitrogen and oxygen atoms in total. The lowest BCUT2D eigenvalue weighted by molar-refractivity contribution is 0.243. The third-order valence-corrected chi connectivity index (χ3v) is 4.87. The lowest BCUT2D eigenvalue weighted by atomic mass is 10.1. The van der Waals surface area contributed by atoms with E-state index in [1.165, 1.54) is 0 Å². The molecular weight excluding hydrogens is 364 g/mol. The van der Waals surface area contributed by atoms with Gasteiger partial charge in [-0.2, -0.15) is 5.26 Å². The van der Waals surface area contributed by atoms with Crippen molar-refractivity contribution >= 4 is 16.6 Å². The van der Waals surface area contributed by atoms with Crippen LogP contribution < -0.4 is 10.5 Å². The van der Waals surface area contributed by atoms with Gasteiger partial charge in [-0.3, -0.25) is 9.69 Å². The lowest BCUT2D eigenvalue weighted by Gasteiger charge is -2.36. The van der Waals surface area contributed by atoms with Crippen molar-refractivity contribution in [2.45, 2.75) is 6.54 Å². The molecule has 142 valence electrons. The van der Waals surface area contributed by atoms with Crippen molar-refractivity contribution in [2.24, 2.45) is 0 Å². The number of piperazine rings is 1. The minimum absolute atomic E-state index is 0.0382. The van der Waals surface area contributed by atoms with Gasteiger partial charge in [-0.1, -0.05) is 12.1 Å². The number of benzene rings is 2. The smallest absolute Gasteiger partial charge is 0.258 e. The number of aromatic nitrogens is 2. The van der Waals surface area contributed by atoms with E-state index in [9.17, 15) is 13.6 Å². The van der Waals surface area contributed by atoms with Gasteiger partial charge in [0.1, 0.15) is 11.5 Å². The molecular formula is C20H17F2N5O. The van der Waals surface area contributed by atoms with Crippen LogP contribution in [0.15, 0.2) is 41.2 Å². The van der Waals surface area contributed by atoms with Gasteiger partial charge in [0.2, 0.25) is 0 Å². The third kappa shape index (κ3) is 3.44. The predicted octanol–water partition coefficient (Wildman–Crippen LogP) is 2.40. The first kappa shape index (κ1) is 18.1. The number of rotatable bonds is 3. The Labute approximate surface area is 159 Å². The van der Waals surface area contributed by atoms with Crippen LogP contribution in [-0.2, 0) is 6.54 Å². The topological polar surface area (TPSA) is 76.0 Å². The average Bonchev–Trinajstić information content (AvgIpc) is 2.69. The maximum absolute atomic E-state index is 14.2. The number of halogens is 2. The summed E-state index contributed by atoms with van der Waals surface area (Å²) in [7, 11) is 0. The van der Waals surface area contributed by atoms with E-state index in [2.05, 4.69) is 14.9 Å². The number of hydrogen-bond donors (Lipinski definition) is 1. The van der Waals surface area contributed by atoms with Gasteiger partial charge in [0, 0.05) is 26.2 Å². The van der Waals surface area contributed by atoms with Crippen LogP contribution in [0, 0.1) is 23.0 Å². The van der Waals surface area contributed by atoms with E-state index in [0.717, 1.165) is 12.1 Å². The van der Waals surface area contributed by atoms with Gasteiger partial charge < -0.3 is 9.88 Å². The highest BCUT2D eigenvalue weighted by molar-refractivity contribution is 5.77. The summed E-state index contributed by atoms with van der Waals surface area (Å²) in [6.45, 7) is 2.44. The molecule has 1 saturated heterocycles. The van der Waals surface area contributed by atoms with E-state index >= 15 is 0 Å². The van der Waals surface area contributed by atoms with Gasteiger partial charge in [-0.15, -0.1) is 0 Å². The number of para-hydroxylation sites is 1. The summed E-state index contributed by atoms with van der Waals surface area (Å²) < 4.78 is 28.4. The van der Waals surface area contributed by atoms with E-state index < -0.39 is 11.6 Å². The molecule has 2 heterocycles. The van der Waals surface area contributed by atoms with Gasteiger partial charge in [0.05, 0.1) is 29.1 Å². The molecule has 3 aromatic rings. The van der Waals surface area contributed by atoms with E-state index in [0.29, 0.717) is 49.5 Å². The van der Waals surface area contributed by atoms with E-state index in [4.69, 9.17) is 5.26 Å². The summed E-state index contributed by atoms with van der Waals surface area (Å²) in [6, 6.07) is 11.0. The SMILES string of the molecule is N#Cc1cc(F)c(N2CCN(Cc3nc4ccccc4c(=O)[nH]3)CC2)c(F)c1. The van der Waals surface area contributed by atoms with Gasteiger partial charge >= 0.3 is 0 Å². The quantitative estimate of drug-likeness (QED) is 0.754. The molecule has 0 bridgehead atoms. The molecule has 0 atom stereocenters. The molecule has 1 fully saturated rings. The minimum Gasteiger partial charge on any atom is -0.364 e. The standard InChI is InChI=1S/C20H17F2N5O/c21-15-9-13(11-23)10-16(22)19(15)27-7-5-26(6-8-27)12-18-24-17-4-2-1-3-14(17)20(28)25-18/h1-4,9-10H,5-8,12H2,(H,24,25,28). The molecule has 1 aliphatic heterocycles. The van der Waals surface area contributed by atoms with Crippen molar-refractivity contribution in [3.63, 3.8) is 0 Å². The summed E-state index contributed by atoms with van der Waals surface area (Å²) in [4.78, 5) is 23.2. The Kier molecular flexibility index (Phi) is 4.75. The molecule has 0 spiro atoms. The monoisotopic (exact) mass is 381 g/mol. The van der Waals surface area contributed by atoms with Gasteiger partial charge in [0.25, 0.3) is 5.56 Å². The number of nitrogens with one attached hydrogen (secondary N) is 1. The van der Waals surface area contributed by atoms with Crippen molar-refractivity contribution in [3.8, 4) is 6.07 Å². The normalized spacial score (nSPS) is 15.0. The molecule has 0 radical (unpaired) electrons. The maximum atomic E-state index is 14.2. The Bertz CT molecular complexity index is 1110. The van der Waals surface area contributed by atoms with Crippen LogP contribution in [0.4, 0.5) is 14.5 Å². The van der Waals surface area contributed by atoms with Crippen LogP contribution in [0.3, 0.4) is 0 Å². The highest BCUT2D eigenvalue weighted by Crippen LogP contribution is 2.26. The number of nitrogens with zero attached hydrogens (tertiary/aromatic N) is 4. The number of nitriles is 1. The van der Waals surface area contributed by atoms with E-state index in [-0.39, 0.29) is 16.8 Å². The Balaban J connectivity index is 1.47. The molecule has 1 N–H and O–H groups in total. The third-order valence-electron chi connectivity index (χ3n) is 4.87. The van der Waals surface area contributed by atoms with Crippen LogP contribution in [0.5, 0.6) is 0 Å². The molecule has 1 aliphatic rings. The maximum Gasteiger partial charge on any atom is 0.258 e. The summed E-state index contributed by atoms with van der Waals surface area (Å²) in [5, 5.41) is 9.36. The number of anilines is 1. The first-order valence-corrected chi connectivity index (χ1v) is 8.89. The Morgan fingerprint density at radius 3 is 2.46 bits per heavy atom. The fourth-order valence-corrected chi connectivity index (χ4v) is 3.48. The second-order valence-corrected chi connectivity index (χ2v) is 6.69. The van der Waals surface area contributed by atoms with Gasteiger partial charge in [-0.05, 0) is 24.3 Å². The first-order chi connectivity index (χ1) is 13.5. The van der Waals surface area contributed by atoms with Crippen molar-refractivity contribution in [1.29, 1.82) is 5.26 Å². The highest BCUT2D eigenvalue weighted by Gasteiger charge is 2.23. The zero-order chi connectivity index (χ0) is 19.7. The van der Waals surface area contributed by atoms with Crippen molar-refractivity contribution < 1.29 is 8.78 Å². The number of H-pyrrole nitrogens is 1. The van der Waals surface area contributed by atoms with E-state index in [1.54, 1.807) is 29.2 Å². The highest BCUT2D eigenvalue weighted by atomic mass is 19.1. The molecule has 4 rings (SSSR count). The molecule has 0 unspecified atom stereocenters. The summed E-state index contributed by atoms with van der Waals surface area (Å²) in [5.74, 6) is -0.899. The lowest BCUT2D eigenvalue weighted by Crippen LogP contribution is -2.46. The fourth-order valence-electron chi connectivity index (χ4n) is 3.48. The van der Waals surface area contributed by atoms with Crippen LogP contribution in [0.1, 0.15) is 11.4 Å². The van der Waals surface area contributed by atoms with Crippen molar-refractivity contribution in [3.05, 3.63) is 69.8 Å². The second kappa shape index (κ2) is 7.37. The zero-order valence-corrected chi connectivity index (χ0v) is 15.0. The van der Waals surface area contributed by atoms with Crippen LogP contribution in [0.25, 0.3) is 10.9 Å². The predicted molar refractivity (Wildman–Crippen MR) is 101 cm³/mol. The molecule has 2 aromatic carbocycles. The summed E-state index contributed by atoms with van der Waals surface area (Å²) >= 11 is 0. The largest absolute Gasteiger partial charge is 0.364 e. The molecule has 0 saturated carbocycles. The average molecular weight is 381 g/mol. The zero-order valence-electron chi connectivity index (χ0n) is 15.0. The minimum atomic E-state index is -0.731.